The number of piperidine rings is 1. The Morgan fingerprint density at radius 1 is 1.41 bits per heavy atom. The predicted octanol–water partition coefficient (Wildman–Crippen LogP) is 0.574. The van der Waals surface area contributed by atoms with Crippen LogP contribution in [0.25, 0.3) is 0 Å². The third-order valence-corrected chi connectivity index (χ3v) is 2.50. The number of hydrogen-bond acceptors (Lipinski definition) is 4. The van der Waals surface area contributed by atoms with Gasteiger partial charge in [-0.2, -0.15) is 0 Å². The number of alkyl carbamates (subject to hydrolysis) is 1. The zero-order valence-electron chi connectivity index (χ0n) is 10.4. The Kier molecular flexibility index (Phi) is 4.34. The quantitative estimate of drug-likeness (QED) is 0.661. The molecule has 1 amide bonds. The van der Waals surface area contributed by atoms with Gasteiger partial charge < -0.3 is 20.5 Å². The van der Waals surface area contributed by atoms with Crippen molar-refractivity contribution in [2.45, 2.75) is 38.8 Å². The summed E-state index contributed by atoms with van der Waals surface area (Å²) >= 11 is 0. The molecule has 1 aliphatic rings. The zero-order valence-corrected chi connectivity index (χ0v) is 10.4. The van der Waals surface area contributed by atoms with Gasteiger partial charge in [0.25, 0.3) is 0 Å². The molecule has 2 atom stereocenters. The molecule has 6 nitrogen and oxygen atoms in total. The summed E-state index contributed by atoms with van der Waals surface area (Å²) in [6.07, 6.45) is 0.0339. The summed E-state index contributed by atoms with van der Waals surface area (Å²) in [5.41, 5.74) is -0.574. The smallest absolute Gasteiger partial charge is 0.407 e. The van der Waals surface area contributed by atoms with Crippen LogP contribution in [0, 0.1) is 5.92 Å². The first kappa shape index (κ1) is 13.8. The maximum Gasteiger partial charge on any atom is 0.407 e. The number of carbonyl (C=O) groups excluding carboxylic acids is 1. The van der Waals surface area contributed by atoms with Gasteiger partial charge in [-0.1, -0.05) is 0 Å². The summed E-state index contributed by atoms with van der Waals surface area (Å²) in [7, 11) is 0. The Morgan fingerprint density at radius 2 is 2.06 bits per heavy atom. The first-order valence-corrected chi connectivity index (χ1v) is 5.72. The predicted molar refractivity (Wildman–Crippen MR) is 61.8 cm³/mol. The summed E-state index contributed by atoms with van der Waals surface area (Å²) in [6.45, 7) is 6.37. The van der Waals surface area contributed by atoms with Crippen LogP contribution in [0.3, 0.4) is 0 Å². The zero-order chi connectivity index (χ0) is 13.1. The average molecular weight is 244 g/mol. The molecular formula is C11H20N2O4. The fourth-order valence-corrected chi connectivity index (χ4v) is 1.75. The number of amides is 1. The Bertz CT molecular complexity index is 298. The Morgan fingerprint density at radius 3 is 2.59 bits per heavy atom. The normalized spacial score (nSPS) is 25.1. The largest absolute Gasteiger partial charge is 0.481 e. The van der Waals surface area contributed by atoms with Crippen molar-refractivity contribution >= 4 is 12.1 Å². The number of hydrogen-bond donors (Lipinski definition) is 3. The summed E-state index contributed by atoms with van der Waals surface area (Å²) in [5.74, 6) is -1.51. The lowest BCUT2D eigenvalue weighted by Gasteiger charge is -2.30. The third kappa shape index (κ3) is 4.60. The van der Waals surface area contributed by atoms with E-state index in [1.54, 1.807) is 20.8 Å². The van der Waals surface area contributed by atoms with Crippen LogP contribution in [0.5, 0.6) is 0 Å². The van der Waals surface area contributed by atoms with Crippen molar-refractivity contribution in [1.29, 1.82) is 0 Å². The van der Waals surface area contributed by atoms with Gasteiger partial charge in [0.1, 0.15) is 5.60 Å². The van der Waals surface area contributed by atoms with Gasteiger partial charge in [-0.3, -0.25) is 4.79 Å². The standard InChI is InChI=1S/C11H20N2O4/c1-11(2,3)17-10(16)13-8-4-5-12-6-7(8)9(14)15/h7-8,12H,4-6H2,1-3H3,(H,13,16)(H,14,15)/t7-,8-/m1/s1. The van der Waals surface area contributed by atoms with E-state index < -0.39 is 23.6 Å². The second kappa shape index (κ2) is 5.35. The number of nitrogens with one attached hydrogen (secondary N) is 2. The number of ether oxygens (including phenoxy) is 1. The van der Waals surface area contributed by atoms with Crippen LogP contribution in [0.4, 0.5) is 4.79 Å². The number of aliphatic carboxylic acids is 1. The topological polar surface area (TPSA) is 87.7 Å². The van der Waals surface area contributed by atoms with E-state index in [4.69, 9.17) is 9.84 Å². The summed E-state index contributed by atoms with van der Waals surface area (Å²) < 4.78 is 5.11. The molecular weight excluding hydrogens is 224 g/mol. The summed E-state index contributed by atoms with van der Waals surface area (Å²) in [4.78, 5) is 22.5. The molecule has 0 aliphatic carbocycles. The molecule has 1 rings (SSSR count). The Balaban J connectivity index is 2.53. The highest BCUT2D eigenvalue weighted by Crippen LogP contribution is 2.13. The molecule has 1 aliphatic heterocycles. The summed E-state index contributed by atoms with van der Waals surface area (Å²) in [6, 6.07) is -0.372. The minimum atomic E-state index is -0.904. The lowest BCUT2D eigenvalue weighted by atomic mass is 9.94. The lowest BCUT2D eigenvalue weighted by Crippen LogP contribution is -2.53. The van der Waals surface area contributed by atoms with Crippen LogP contribution in [-0.2, 0) is 9.53 Å². The van der Waals surface area contributed by atoms with Crippen LogP contribution < -0.4 is 10.6 Å². The van der Waals surface area contributed by atoms with Gasteiger partial charge >= 0.3 is 12.1 Å². The SMILES string of the molecule is CC(C)(C)OC(=O)N[C@@H]1CCNC[C@H]1C(=O)O. The van der Waals surface area contributed by atoms with Gasteiger partial charge in [-0.15, -0.1) is 0 Å². The first-order chi connectivity index (χ1) is 7.79. The fourth-order valence-electron chi connectivity index (χ4n) is 1.75. The Labute approximate surface area is 101 Å². The molecule has 0 radical (unpaired) electrons. The molecule has 3 N–H and O–H groups in total. The molecule has 1 fully saturated rings. The van der Waals surface area contributed by atoms with Crippen molar-refractivity contribution in [3.05, 3.63) is 0 Å². The fraction of sp³-hybridized carbons (Fsp3) is 0.818. The molecule has 0 unspecified atom stereocenters. The number of carboxylic acids is 1. The van der Waals surface area contributed by atoms with Crippen molar-refractivity contribution in [1.82, 2.24) is 10.6 Å². The van der Waals surface area contributed by atoms with E-state index in [2.05, 4.69) is 10.6 Å². The molecule has 0 spiro atoms. The molecule has 0 aromatic rings. The number of rotatable bonds is 2. The molecule has 17 heavy (non-hydrogen) atoms. The van der Waals surface area contributed by atoms with Crippen LogP contribution in [0.1, 0.15) is 27.2 Å². The third-order valence-electron chi connectivity index (χ3n) is 2.50. The second-order valence-electron chi connectivity index (χ2n) is 5.19. The van der Waals surface area contributed by atoms with Crippen LogP contribution in [0.2, 0.25) is 0 Å². The van der Waals surface area contributed by atoms with E-state index in [0.717, 1.165) is 0 Å². The van der Waals surface area contributed by atoms with Crippen LogP contribution in [0.15, 0.2) is 0 Å². The van der Waals surface area contributed by atoms with Crippen molar-refractivity contribution in [3.63, 3.8) is 0 Å². The maximum absolute atomic E-state index is 11.5. The lowest BCUT2D eigenvalue weighted by molar-refractivity contribution is -0.143. The minimum Gasteiger partial charge on any atom is -0.481 e. The highest BCUT2D eigenvalue weighted by Gasteiger charge is 2.32. The molecule has 1 heterocycles. The van der Waals surface area contributed by atoms with Gasteiger partial charge in [0.2, 0.25) is 0 Å². The number of carbonyl (C=O) groups is 2. The summed E-state index contributed by atoms with van der Waals surface area (Å²) in [5, 5.41) is 14.6. The number of carboxylic acid groups (broad SMARTS) is 1. The molecule has 6 heteroatoms. The van der Waals surface area contributed by atoms with Crippen LogP contribution >= 0.6 is 0 Å². The molecule has 0 saturated carbocycles. The van der Waals surface area contributed by atoms with Crippen molar-refractivity contribution in [3.8, 4) is 0 Å². The average Bonchev–Trinajstić information content (AvgIpc) is 2.14. The van der Waals surface area contributed by atoms with Gasteiger partial charge in [0, 0.05) is 12.6 Å². The van der Waals surface area contributed by atoms with Gasteiger partial charge in [-0.25, -0.2) is 4.79 Å². The first-order valence-electron chi connectivity index (χ1n) is 5.72. The van der Waals surface area contributed by atoms with E-state index in [0.29, 0.717) is 19.5 Å². The highest BCUT2D eigenvalue weighted by molar-refractivity contribution is 5.74. The van der Waals surface area contributed by atoms with Crippen molar-refractivity contribution in [2.75, 3.05) is 13.1 Å². The van der Waals surface area contributed by atoms with Crippen molar-refractivity contribution in [2.24, 2.45) is 5.92 Å². The van der Waals surface area contributed by atoms with Gasteiger partial charge in [0.15, 0.2) is 0 Å². The minimum absolute atomic E-state index is 0.371. The van der Waals surface area contributed by atoms with E-state index in [9.17, 15) is 9.59 Å². The van der Waals surface area contributed by atoms with E-state index in [-0.39, 0.29) is 6.04 Å². The van der Waals surface area contributed by atoms with Gasteiger partial charge in [0.05, 0.1) is 5.92 Å². The monoisotopic (exact) mass is 244 g/mol. The highest BCUT2D eigenvalue weighted by atomic mass is 16.6. The Hall–Kier alpha value is -1.30. The van der Waals surface area contributed by atoms with Crippen LogP contribution in [-0.4, -0.2) is 41.9 Å². The van der Waals surface area contributed by atoms with Gasteiger partial charge in [-0.05, 0) is 33.7 Å². The molecule has 0 aromatic heterocycles. The van der Waals surface area contributed by atoms with E-state index in [1.807, 2.05) is 0 Å². The molecule has 0 aromatic carbocycles. The maximum atomic E-state index is 11.5. The van der Waals surface area contributed by atoms with E-state index in [1.165, 1.54) is 0 Å². The molecule has 0 bridgehead atoms. The molecule has 98 valence electrons. The van der Waals surface area contributed by atoms with E-state index >= 15 is 0 Å². The molecule has 1 saturated heterocycles. The van der Waals surface area contributed by atoms with Crippen molar-refractivity contribution < 1.29 is 19.4 Å². The second-order valence-corrected chi connectivity index (χ2v) is 5.19.